The van der Waals surface area contributed by atoms with Crippen molar-refractivity contribution in [2.45, 2.75) is 30.5 Å². The first-order valence-electron chi connectivity index (χ1n) is 3.30. The first-order chi connectivity index (χ1) is 5.16. The van der Waals surface area contributed by atoms with E-state index in [1.54, 1.807) is 0 Å². The Morgan fingerprint density at radius 3 is 1.67 bits per heavy atom. The second kappa shape index (κ2) is 2.94. The highest BCUT2D eigenvalue weighted by Crippen LogP contribution is 2.55. The SMILES string of the molecule is FC1(F)CCC1(F)C[Si](Cl)(Cl)Cl. The van der Waals surface area contributed by atoms with Gasteiger partial charge < -0.3 is 0 Å². The molecule has 0 aromatic rings. The minimum Gasteiger partial charge on any atom is -0.237 e. The lowest BCUT2D eigenvalue weighted by atomic mass is 9.79. The molecular formula is C5H6Cl3F3Si. The summed E-state index contributed by atoms with van der Waals surface area (Å²) in [5.41, 5.74) is -2.57. The van der Waals surface area contributed by atoms with Crippen molar-refractivity contribution in [1.29, 1.82) is 0 Å². The molecule has 0 aromatic carbocycles. The molecule has 1 saturated carbocycles. The molecular weight excluding hydrogens is 251 g/mol. The van der Waals surface area contributed by atoms with Gasteiger partial charge in [0.15, 0.2) is 5.67 Å². The van der Waals surface area contributed by atoms with Gasteiger partial charge in [0, 0.05) is 12.5 Å². The summed E-state index contributed by atoms with van der Waals surface area (Å²) < 4.78 is 38.4. The van der Waals surface area contributed by atoms with Crippen LogP contribution in [0, 0.1) is 0 Å². The monoisotopic (exact) mass is 256 g/mol. The van der Waals surface area contributed by atoms with Crippen LogP contribution in [0.1, 0.15) is 12.8 Å². The van der Waals surface area contributed by atoms with Crippen LogP contribution < -0.4 is 0 Å². The zero-order valence-corrected chi connectivity index (χ0v) is 9.16. The highest BCUT2D eigenvalue weighted by atomic mass is 35.8. The Balaban J connectivity index is 2.63. The van der Waals surface area contributed by atoms with Crippen molar-refractivity contribution in [2.24, 2.45) is 0 Å². The molecule has 1 unspecified atom stereocenters. The standard InChI is InChI=1S/C5H6Cl3F3Si/c6-12(7,8)3-4(9)1-2-5(4,10)11/h1-3H2. The lowest BCUT2D eigenvalue weighted by Crippen LogP contribution is -2.55. The summed E-state index contributed by atoms with van der Waals surface area (Å²) in [5, 5.41) is 0. The van der Waals surface area contributed by atoms with Crippen LogP contribution >= 0.6 is 33.2 Å². The third-order valence-corrected chi connectivity index (χ3v) is 4.14. The highest BCUT2D eigenvalue weighted by molar-refractivity contribution is 7.64. The van der Waals surface area contributed by atoms with Crippen molar-refractivity contribution in [3.8, 4) is 0 Å². The maximum absolute atomic E-state index is 13.2. The number of alkyl halides is 3. The molecule has 0 saturated heterocycles. The predicted octanol–water partition coefficient (Wildman–Crippen LogP) is 3.78. The first kappa shape index (κ1) is 11.0. The quantitative estimate of drug-likeness (QED) is 0.522. The van der Waals surface area contributed by atoms with E-state index < -0.39 is 30.1 Å². The molecule has 0 radical (unpaired) electrons. The zero-order chi connectivity index (χ0) is 9.62. The normalized spacial score (nSPS) is 34.5. The van der Waals surface area contributed by atoms with E-state index in [4.69, 9.17) is 33.2 Å². The number of rotatable bonds is 2. The van der Waals surface area contributed by atoms with Gasteiger partial charge in [-0.15, -0.1) is 33.2 Å². The Hall–Kier alpha value is 0.877. The van der Waals surface area contributed by atoms with E-state index in [9.17, 15) is 13.2 Å². The minimum absolute atomic E-state index is 0.207. The number of hydrogen-bond acceptors (Lipinski definition) is 0. The summed E-state index contributed by atoms with van der Waals surface area (Å²) in [6.07, 6.45) is -0.653. The van der Waals surface area contributed by atoms with Gasteiger partial charge in [-0.05, 0) is 6.42 Å². The summed E-state index contributed by atoms with van der Waals surface area (Å²) in [7, 11) is 0. The number of halogens is 6. The molecule has 1 atom stereocenters. The Morgan fingerprint density at radius 1 is 1.08 bits per heavy atom. The zero-order valence-electron chi connectivity index (χ0n) is 5.89. The summed E-state index contributed by atoms with van der Waals surface area (Å²) in [6.45, 7) is 0. The molecule has 7 heteroatoms. The second-order valence-corrected chi connectivity index (χ2v) is 12.1. The van der Waals surface area contributed by atoms with Crippen LogP contribution in [0.2, 0.25) is 6.04 Å². The van der Waals surface area contributed by atoms with Crippen molar-refractivity contribution >= 4 is 39.2 Å². The molecule has 0 aliphatic heterocycles. The maximum Gasteiger partial charge on any atom is 0.344 e. The Labute approximate surface area is 83.1 Å². The van der Waals surface area contributed by atoms with E-state index in [-0.39, 0.29) is 6.42 Å². The van der Waals surface area contributed by atoms with Gasteiger partial charge >= 0.3 is 6.00 Å². The van der Waals surface area contributed by atoms with E-state index in [2.05, 4.69) is 0 Å². The van der Waals surface area contributed by atoms with Crippen LogP contribution in [0.3, 0.4) is 0 Å². The Morgan fingerprint density at radius 2 is 1.58 bits per heavy atom. The van der Waals surface area contributed by atoms with E-state index in [1.165, 1.54) is 0 Å². The molecule has 0 N–H and O–H groups in total. The minimum atomic E-state index is -3.30. The lowest BCUT2D eigenvalue weighted by Gasteiger charge is -2.43. The van der Waals surface area contributed by atoms with Crippen LogP contribution in [0.4, 0.5) is 13.2 Å². The predicted molar refractivity (Wildman–Crippen MR) is 46.1 cm³/mol. The van der Waals surface area contributed by atoms with Crippen LogP contribution in [0.15, 0.2) is 0 Å². The Kier molecular flexibility index (Phi) is 2.68. The third kappa shape index (κ3) is 2.03. The molecule has 0 aromatic heterocycles. The first-order valence-corrected chi connectivity index (χ1v) is 8.54. The van der Waals surface area contributed by atoms with E-state index in [0.717, 1.165) is 0 Å². The molecule has 0 amide bonds. The third-order valence-electron chi connectivity index (χ3n) is 1.97. The highest BCUT2D eigenvalue weighted by Gasteiger charge is 2.65. The molecule has 72 valence electrons. The van der Waals surface area contributed by atoms with Crippen LogP contribution in [0.5, 0.6) is 0 Å². The lowest BCUT2D eigenvalue weighted by molar-refractivity contribution is -0.201. The number of hydrogen-bond donors (Lipinski definition) is 0. The van der Waals surface area contributed by atoms with E-state index in [0.29, 0.717) is 0 Å². The smallest absolute Gasteiger partial charge is 0.237 e. The van der Waals surface area contributed by atoms with Crippen molar-refractivity contribution < 1.29 is 13.2 Å². The van der Waals surface area contributed by atoms with Gasteiger partial charge in [-0.1, -0.05) is 0 Å². The molecule has 12 heavy (non-hydrogen) atoms. The molecule has 0 bridgehead atoms. The summed E-state index contributed by atoms with van der Waals surface area (Å²) in [6, 6.07) is -3.90. The van der Waals surface area contributed by atoms with Gasteiger partial charge in [-0.3, -0.25) is 0 Å². The van der Waals surface area contributed by atoms with Crippen LogP contribution in [-0.2, 0) is 0 Å². The molecule has 1 fully saturated rings. The van der Waals surface area contributed by atoms with Gasteiger partial charge in [0.2, 0.25) is 0 Å². The largest absolute Gasteiger partial charge is 0.344 e. The molecule has 1 aliphatic carbocycles. The van der Waals surface area contributed by atoms with E-state index in [1.807, 2.05) is 0 Å². The average Bonchev–Trinajstić information content (AvgIpc) is 1.82. The van der Waals surface area contributed by atoms with Crippen molar-refractivity contribution in [2.75, 3.05) is 0 Å². The summed E-state index contributed by atoms with van der Waals surface area (Å²) in [5.74, 6) is -3.30. The summed E-state index contributed by atoms with van der Waals surface area (Å²) >= 11 is 16.1. The molecule has 1 aliphatic rings. The second-order valence-electron chi connectivity index (χ2n) is 2.96. The molecule has 0 heterocycles. The van der Waals surface area contributed by atoms with Crippen molar-refractivity contribution in [3.05, 3.63) is 0 Å². The topological polar surface area (TPSA) is 0 Å². The van der Waals surface area contributed by atoms with Crippen molar-refractivity contribution in [3.63, 3.8) is 0 Å². The van der Waals surface area contributed by atoms with Gasteiger partial charge in [0.05, 0.1) is 0 Å². The summed E-state index contributed by atoms with van der Waals surface area (Å²) in [4.78, 5) is 0. The van der Waals surface area contributed by atoms with Gasteiger partial charge in [-0.2, -0.15) is 0 Å². The van der Waals surface area contributed by atoms with Gasteiger partial charge in [0.1, 0.15) is 0 Å². The van der Waals surface area contributed by atoms with E-state index >= 15 is 0 Å². The maximum atomic E-state index is 13.2. The van der Waals surface area contributed by atoms with Gasteiger partial charge in [-0.25, -0.2) is 13.2 Å². The van der Waals surface area contributed by atoms with Crippen LogP contribution in [-0.4, -0.2) is 17.6 Å². The molecule has 0 nitrogen and oxygen atoms in total. The fourth-order valence-corrected chi connectivity index (χ4v) is 4.10. The van der Waals surface area contributed by atoms with Crippen molar-refractivity contribution in [1.82, 2.24) is 0 Å². The van der Waals surface area contributed by atoms with Crippen LogP contribution in [0.25, 0.3) is 0 Å². The Bertz CT molecular complexity index is 193. The molecule has 0 spiro atoms. The fourth-order valence-electron chi connectivity index (χ4n) is 1.12. The molecule has 1 rings (SSSR count). The fraction of sp³-hybridized carbons (Fsp3) is 1.00. The average molecular weight is 258 g/mol. The van der Waals surface area contributed by atoms with Gasteiger partial charge in [0.25, 0.3) is 5.92 Å².